The molecular formula is C54H47I. The number of fused-ring (bicyclic) bond motifs is 9. The Hall–Kier alpha value is -4.73. The van der Waals surface area contributed by atoms with Gasteiger partial charge in [0.05, 0.1) is 0 Å². The van der Waals surface area contributed by atoms with Gasteiger partial charge < -0.3 is 0 Å². The van der Waals surface area contributed by atoms with Crippen LogP contribution in [0, 0.1) is 86.7 Å². The van der Waals surface area contributed by atoms with E-state index in [1.54, 1.807) is 0 Å². The summed E-state index contributed by atoms with van der Waals surface area (Å²) in [7, 11) is 0. The Labute approximate surface area is 338 Å². The van der Waals surface area contributed by atoms with E-state index in [0.29, 0.717) is 0 Å². The molecule has 0 saturated carbocycles. The van der Waals surface area contributed by atoms with Gasteiger partial charge in [0.25, 0.3) is 0 Å². The number of aryl methyl sites for hydroxylation is 11. The first-order valence-corrected chi connectivity index (χ1v) is 20.9. The van der Waals surface area contributed by atoms with Crippen molar-refractivity contribution in [2.45, 2.75) is 83.1 Å². The van der Waals surface area contributed by atoms with Gasteiger partial charge >= 0.3 is 0 Å². The summed E-state index contributed by atoms with van der Waals surface area (Å²) in [6, 6.07) is 26.7. The molecule has 0 spiro atoms. The van der Waals surface area contributed by atoms with E-state index in [2.05, 4.69) is 172 Å². The Kier molecular flexibility index (Phi) is 7.36. The monoisotopic (exact) mass is 822 g/mol. The van der Waals surface area contributed by atoms with Crippen molar-refractivity contribution < 1.29 is 0 Å². The lowest BCUT2D eigenvalue weighted by atomic mass is 9.85. The highest BCUT2D eigenvalue weighted by molar-refractivity contribution is 14.1. The summed E-state index contributed by atoms with van der Waals surface area (Å²) in [6.07, 6.45) is 0. The molecule has 0 saturated heterocycles. The van der Waals surface area contributed by atoms with Crippen LogP contribution in [0.2, 0.25) is 0 Å². The van der Waals surface area contributed by atoms with Crippen molar-refractivity contribution in [2.75, 3.05) is 0 Å². The fourth-order valence-electron chi connectivity index (χ4n) is 11.5. The largest absolute Gasteiger partial charge is 0.0557 e. The van der Waals surface area contributed by atoms with Gasteiger partial charge in [-0.05, 0) is 248 Å². The molecule has 1 aliphatic rings. The molecule has 9 aromatic carbocycles. The van der Waals surface area contributed by atoms with Crippen molar-refractivity contribution in [3.63, 3.8) is 0 Å². The molecule has 0 heterocycles. The maximum atomic E-state index is 2.71. The molecule has 0 aliphatic heterocycles. The van der Waals surface area contributed by atoms with Crippen LogP contribution in [0.5, 0.6) is 0 Å². The first-order chi connectivity index (χ1) is 26.2. The van der Waals surface area contributed by atoms with E-state index < -0.39 is 0 Å². The highest BCUT2D eigenvalue weighted by Gasteiger charge is 2.33. The highest BCUT2D eigenvalue weighted by atomic mass is 127. The zero-order valence-corrected chi connectivity index (χ0v) is 36.4. The first kappa shape index (κ1) is 34.7. The van der Waals surface area contributed by atoms with Gasteiger partial charge in [-0.25, -0.2) is 0 Å². The summed E-state index contributed by atoms with van der Waals surface area (Å²) in [5.74, 6) is 0. The normalized spacial score (nSPS) is 12.8. The van der Waals surface area contributed by atoms with Gasteiger partial charge in [0.2, 0.25) is 0 Å². The molecule has 1 heteroatoms. The molecule has 55 heavy (non-hydrogen) atoms. The minimum atomic E-state index is 1.31. The van der Waals surface area contributed by atoms with Gasteiger partial charge in [0.1, 0.15) is 0 Å². The van der Waals surface area contributed by atoms with E-state index in [1.165, 1.54) is 168 Å². The van der Waals surface area contributed by atoms with Crippen LogP contribution in [-0.4, -0.2) is 0 Å². The molecular weight excluding hydrogens is 775 g/mol. The van der Waals surface area contributed by atoms with Gasteiger partial charge in [-0.15, -0.1) is 0 Å². The molecule has 0 atom stereocenters. The average molecular weight is 823 g/mol. The van der Waals surface area contributed by atoms with Crippen molar-refractivity contribution >= 4 is 82.0 Å². The molecule has 10 rings (SSSR count). The summed E-state index contributed by atoms with van der Waals surface area (Å²) in [5, 5.41) is 15.4. The fraction of sp³-hybridized carbons (Fsp3) is 0.222. The van der Waals surface area contributed by atoms with Crippen molar-refractivity contribution in [1.29, 1.82) is 0 Å². The molecule has 0 bridgehead atoms. The molecule has 270 valence electrons. The number of rotatable bonds is 2. The number of halogens is 1. The first-order valence-electron chi connectivity index (χ1n) is 19.8. The average Bonchev–Trinajstić information content (AvgIpc) is 3.72. The van der Waals surface area contributed by atoms with E-state index in [9.17, 15) is 0 Å². The van der Waals surface area contributed by atoms with Gasteiger partial charge in [0.15, 0.2) is 0 Å². The Bertz CT molecular complexity index is 3270. The van der Waals surface area contributed by atoms with E-state index in [4.69, 9.17) is 0 Å². The summed E-state index contributed by atoms with van der Waals surface area (Å²) >= 11 is 2.71. The molecule has 9 aromatic rings. The highest BCUT2D eigenvalue weighted by Crippen LogP contribution is 2.55. The third-order valence-electron chi connectivity index (χ3n) is 13.2. The predicted molar refractivity (Wildman–Crippen MR) is 249 cm³/mol. The second-order valence-electron chi connectivity index (χ2n) is 17.2. The number of benzene rings is 6. The lowest BCUT2D eigenvalue weighted by Gasteiger charge is -2.19. The van der Waals surface area contributed by atoms with Gasteiger partial charge in [0, 0.05) is 9.13 Å². The molecule has 0 aromatic heterocycles. The zero-order valence-electron chi connectivity index (χ0n) is 34.2. The molecule has 0 radical (unpaired) electrons. The lowest BCUT2D eigenvalue weighted by molar-refractivity contribution is 1.26. The van der Waals surface area contributed by atoms with E-state index in [0.717, 1.165) is 0 Å². The Morgan fingerprint density at radius 1 is 0.309 bits per heavy atom. The lowest BCUT2D eigenvalue weighted by Crippen LogP contribution is -2.12. The molecule has 0 unspecified atom stereocenters. The van der Waals surface area contributed by atoms with Crippen LogP contribution in [0.3, 0.4) is 0 Å². The predicted octanol–water partition coefficient (Wildman–Crippen LogP) is 14.8. The Morgan fingerprint density at radius 2 is 0.764 bits per heavy atom. The van der Waals surface area contributed by atoms with Crippen molar-refractivity contribution in [3.05, 3.63) is 153 Å². The van der Waals surface area contributed by atoms with Crippen molar-refractivity contribution in [3.8, 4) is 22.3 Å². The van der Waals surface area contributed by atoms with E-state index in [-0.39, 0.29) is 0 Å². The smallest absolute Gasteiger partial charge is 0.0294 e. The summed E-state index contributed by atoms with van der Waals surface area (Å²) in [4.78, 5) is 0. The minimum absolute atomic E-state index is 1.31. The summed E-state index contributed by atoms with van der Waals surface area (Å²) in [6.45, 7) is 27.6. The SMILES string of the molecule is Cc1cc(C)c(C2=c3c(c(I)c4ccc5c6c7c(C)cc(C)cc(C)c7c(-c7c(C)cc(C)cc7C)c6c6ccc3c4c65)-c3c(C)cc(C)c(C)c32)c(C)c1. The van der Waals surface area contributed by atoms with Gasteiger partial charge in [-0.2, -0.15) is 0 Å². The van der Waals surface area contributed by atoms with Crippen molar-refractivity contribution in [2.24, 2.45) is 0 Å². The van der Waals surface area contributed by atoms with Gasteiger partial charge in [-0.3, -0.25) is 0 Å². The van der Waals surface area contributed by atoms with Crippen LogP contribution in [0.15, 0.2) is 66.7 Å². The molecule has 0 N–H and O–H groups in total. The van der Waals surface area contributed by atoms with Crippen LogP contribution < -0.4 is 5.22 Å². The second kappa shape index (κ2) is 11.6. The molecule has 0 fully saturated rings. The van der Waals surface area contributed by atoms with Crippen LogP contribution >= 0.6 is 22.6 Å². The van der Waals surface area contributed by atoms with E-state index in [1.807, 2.05) is 0 Å². The maximum Gasteiger partial charge on any atom is 0.0294 e. The molecule has 0 nitrogen and oxygen atoms in total. The second-order valence-corrected chi connectivity index (χ2v) is 18.3. The van der Waals surface area contributed by atoms with E-state index >= 15 is 0 Å². The Balaban J connectivity index is 1.50. The summed E-state index contributed by atoms with van der Waals surface area (Å²) in [5.41, 5.74) is 26.1. The standard InChI is InChI=1S/C54H47I/c1-24-17-28(5)40(29(6)18-24)51-43-33(10)22-26(3)21-32(9)42(43)48-36-15-16-39-47-38(14-13-37(46(36)47)49(48)51)50-52(41-30(7)19-25(2)20-31(41)8)45-35(12)27(4)23-34(11)44(45)53(50)54(39)55/h13-23H,1-12H3. The fourth-order valence-corrected chi connectivity index (χ4v) is 12.5. The minimum Gasteiger partial charge on any atom is -0.0557 e. The Morgan fingerprint density at radius 3 is 1.36 bits per heavy atom. The maximum absolute atomic E-state index is 2.71. The molecule has 0 amide bonds. The van der Waals surface area contributed by atoms with Gasteiger partial charge in [-0.1, -0.05) is 83.4 Å². The third-order valence-corrected chi connectivity index (χ3v) is 14.4. The quantitative estimate of drug-likeness (QED) is 0.152. The van der Waals surface area contributed by atoms with Crippen molar-refractivity contribution in [1.82, 2.24) is 0 Å². The van der Waals surface area contributed by atoms with Crippen LogP contribution in [0.1, 0.15) is 77.9 Å². The topological polar surface area (TPSA) is 0 Å². The third kappa shape index (κ3) is 4.45. The van der Waals surface area contributed by atoms with Crippen LogP contribution in [0.4, 0.5) is 0 Å². The molecule has 1 aliphatic carbocycles. The zero-order chi connectivity index (χ0) is 38.7. The number of hydrogen-bond donors (Lipinski definition) is 0. The van der Waals surface area contributed by atoms with Crippen LogP contribution in [-0.2, 0) is 0 Å². The number of hydrogen-bond acceptors (Lipinski definition) is 0. The van der Waals surface area contributed by atoms with Crippen LogP contribution in [0.25, 0.3) is 81.7 Å². The summed E-state index contributed by atoms with van der Waals surface area (Å²) < 4.78 is 1.37.